The highest BCUT2D eigenvalue weighted by Crippen LogP contribution is 2.26. The van der Waals surface area contributed by atoms with E-state index in [0.717, 1.165) is 11.3 Å². The topological polar surface area (TPSA) is 119 Å². The largest absolute Gasteiger partial charge is 0.382 e. The summed E-state index contributed by atoms with van der Waals surface area (Å²) in [5.74, 6) is 0.363. The Kier molecular flexibility index (Phi) is 3.69. The number of rotatable bonds is 3. The molecule has 1 aromatic heterocycles. The molecule has 0 radical (unpaired) electrons. The van der Waals surface area contributed by atoms with Crippen molar-refractivity contribution in [1.29, 1.82) is 0 Å². The van der Waals surface area contributed by atoms with Gasteiger partial charge < -0.3 is 22.1 Å². The number of anilines is 4. The van der Waals surface area contributed by atoms with Gasteiger partial charge in [0.2, 0.25) is 5.95 Å². The first kappa shape index (κ1) is 13.6. The molecule has 104 valence electrons. The fourth-order valence-corrected chi connectivity index (χ4v) is 1.64. The molecule has 0 aliphatic rings. The van der Waals surface area contributed by atoms with Crippen LogP contribution in [0.2, 0.25) is 0 Å². The van der Waals surface area contributed by atoms with Gasteiger partial charge in [-0.2, -0.15) is 9.97 Å². The summed E-state index contributed by atoms with van der Waals surface area (Å²) < 4.78 is 0. The number of aliphatic imine (C=N–C) groups is 1. The summed E-state index contributed by atoms with van der Waals surface area (Å²) in [6.45, 7) is 0. The van der Waals surface area contributed by atoms with Gasteiger partial charge in [-0.05, 0) is 17.7 Å². The quantitative estimate of drug-likeness (QED) is 0.717. The number of hydrogen-bond donors (Lipinski definition) is 3. The van der Waals surface area contributed by atoms with Crippen LogP contribution in [0.4, 0.5) is 29.0 Å². The zero-order valence-electron chi connectivity index (χ0n) is 11.4. The van der Waals surface area contributed by atoms with E-state index in [0.29, 0.717) is 5.69 Å². The van der Waals surface area contributed by atoms with E-state index in [2.05, 4.69) is 15.0 Å². The maximum absolute atomic E-state index is 5.72. The lowest BCUT2D eigenvalue weighted by molar-refractivity contribution is 1.13. The van der Waals surface area contributed by atoms with Crippen molar-refractivity contribution < 1.29 is 0 Å². The van der Waals surface area contributed by atoms with Gasteiger partial charge in [0.25, 0.3) is 0 Å². The van der Waals surface area contributed by atoms with Crippen molar-refractivity contribution in [3.05, 3.63) is 29.8 Å². The van der Waals surface area contributed by atoms with Crippen molar-refractivity contribution in [2.45, 2.75) is 0 Å². The Morgan fingerprint density at radius 3 is 2.05 bits per heavy atom. The highest BCUT2D eigenvalue weighted by molar-refractivity contribution is 5.86. The van der Waals surface area contributed by atoms with E-state index in [1.165, 1.54) is 0 Å². The van der Waals surface area contributed by atoms with Crippen LogP contribution >= 0.6 is 0 Å². The summed E-state index contributed by atoms with van der Waals surface area (Å²) in [6.07, 6.45) is 1.65. The normalized spacial score (nSPS) is 10.9. The number of nitrogens with zero attached hydrogens (tertiary/aromatic N) is 4. The Morgan fingerprint density at radius 1 is 1.00 bits per heavy atom. The van der Waals surface area contributed by atoms with Crippen LogP contribution in [0.25, 0.3) is 0 Å². The van der Waals surface area contributed by atoms with E-state index < -0.39 is 0 Å². The van der Waals surface area contributed by atoms with Gasteiger partial charge in [0.05, 0.1) is 0 Å². The van der Waals surface area contributed by atoms with Crippen molar-refractivity contribution in [1.82, 2.24) is 9.97 Å². The Balaban J connectivity index is 2.25. The zero-order valence-corrected chi connectivity index (χ0v) is 11.4. The van der Waals surface area contributed by atoms with E-state index in [4.69, 9.17) is 17.2 Å². The Bertz CT molecular complexity index is 609. The van der Waals surface area contributed by atoms with Crippen molar-refractivity contribution in [2.24, 2.45) is 4.99 Å². The highest BCUT2D eigenvalue weighted by Gasteiger charge is 2.06. The van der Waals surface area contributed by atoms with Crippen molar-refractivity contribution in [3.8, 4) is 0 Å². The molecule has 1 heterocycles. The number of aromatic nitrogens is 2. The fraction of sp³-hybridized carbons (Fsp3) is 0.154. The number of nitrogens with two attached hydrogens (primary N) is 3. The van der Waals surface area contributed by atoms with Crippen molar-refractivity contribution in [2.75, 3.05) is 36.2 Å². The Labute approximate surface area is 117 Å². The third-order valence-electron chi connectivity index (χ3n) is 2.71. The molecule has 7 heteroatoms. The zero-order chi connectivity index (χ0) is 14.7. The Hall–Kier alpha value is -2.83. The van der Waals surface area contributed by atoms with Crippen LogP contribution in [0.1, 0.15) is 5.56 Å². The van der Waals surface area contributed by atoms with Crippen LogP contribution in [-0.4, -0.2) is 30.3 Å². The summed E-state index contributed by atoms with van der Waals surface area (Å²) in [5, 5.41) is 0. The molecular weight excluding hydrogens is 254 g/mol. The van der Waals surface area contributed by atoms with Gasteiger partial charge in [-0.1, -0.05) is 12.1 Å². The molecule has 0 unspecified atom stereocenters. The molecule has 0 amide bonds. The van der Waals surface area contributed by atoms with Gasteiger partial charge in [0.1, 0.15) is 5.69 Å². The van der Waals surface area contributed by atoms with Gasteiger partial charge >= 0.3 is 0 Å². The van der Waals surface area contributed by atoms with E-state index in [1.807, 2.05) is 43.3 Å². The third-order valence-corrected chi connectivity index (χ3v) is 2.71. The highest BCUT2D eigenvalue weighted by atomic mass is 15.1. The number of hydrogen-bond acceptors (Lipinski definition) is 7. The molecule has 6 N–H and O–H groups in total. The minimum Gasteiger partial charge on any atom is -0.382 e. The lowest BCUT2D eigenvalue weighted by atomic mass is 10.2. The van der Waals surface area contributed by atoms with Gasteiger partial charge in [0.15, 0.2) is 11.6 Å². The van der Waals surface area contributed by atoms with Crippen LogP contribution in [-0.2, 0) is 0 Å². The van der Waals surface area contributed by atoms with Crippen LogP contribution in [0.15, 0.2) is 29.3 Å². The standard InChI is InChI=1S/C13H17N7/c1-20(2)9-5-3-8(4-6-9)7-17-10-11(14)18-13(16)19-12(10)15/h3-7H,1-2H3,(H6,14,15,16,18,19). The summed E-state index contributed by atoms with van der Waals surface area (Å²) in [4.78, 5) is 13.9. The maximum atomic E-state index is 5.72. The van der Waals surface area contributed by atoms with E-state index >= 15 is 0 Å². The van der Waals surface area contributed by atoms with Gasteiger partial charge in [-0.15, -0.1) is 0 Å². The summed E-state index contributed by atoms with van der Waals surface area (Å²) in [6, 6.07) is 7.88. The second-order valence-corrected chi connectivity index (χ2v) is 4.45. The lowest BCUT2D eigenvalue weighted by Crippen LogP contribution is -2.08. The SMILES string of the molecule is CN(C)c1ccc(C=Nc2c(N)nc(N)nc2N)cc1. The van der Waals surface area contributed by atoms with Crippen LogP contribution < -0.4 is 22.1 Å². The van der Waals surface area contributed by atoms with Gasteiger partial charge in [0, 0.05) is 26.0 Å². The second-order valence-electron chi connectivity index (χ2n) is 4.45. The van der Waals surface area contributed by atoms with Gasteiger partial charge in [-0.25, -0.2) is 4.99 Å². The third kappa shape index (κ3) is 2.94. The lowest BCUT2D eigenvalue weighted by Gasteiger charge is -2.11. The average Bonchev–Trinajstić information content (AvgIpc) is 2.38. The average molecular weight is 271 g/mol. The Morgan fingerprint density at radius 2 is 1.55 bits per heavy atom. The molecule has 0 aliphatic carbocycles. The summed E-state index contributed by atoms with van der Waals surface area (Å²) >= 11 is 0. The molecular formula is C13H17N7. The molecule has 0 atom stereocenters. The molecule has 7 nitrogen and oxygen atoms in total. The molecule has 0 saturated carbocycles. The van der Waals surface area contributed by atoms with Crippen LogP contribution in [0.5, 0.6) is 0 Å². The molecule has 0 aliphatic heterocycles. The summed E-state index contributed by atoms with van der Waals surface area (Å²) in [7, 11) is 3.96. The molecule has 2 rings (SSSR count). The van der Waals surface area contributed by atoms with Crippen molar-refractivity contribution in [3.63, 3.8) is 0 Å². The van der Waals surface area contributed by atoms with Crippen LogP contribution in [0, 0.1) is 0 Å². The molecule has 0 bridgehead atoms. The first-order valence-electron chi connectivity index (χ1n) is 5.97. The maximum Gasteiger partial charge on any atom is 0.224 e. The molecule has 2 aromatic rings. The minimum atomic E-state index is 0.0364. The van der Waals surface area contributed by atoms with E-state index in [9.17, 15) is 0 Å². The number of benzene rings is 1. The molecule has 1 aromatic carbocycles. The molecule has 0 fully saturated rings. The van der Waals surface area contributed by atoms with Crippen molar-refractivity contribution >= 4 is 35.2 Å². The molecule has 0 saturated heterocycles. The predicted molar refractivity (Wildman–Crippen MR) is 83.3 cm³/mol. The monoisotopic (exact) mass is 271 g/mol. The van der Waals surface area contributed by atoms with Crippen LogP contribution in [0.3, 0.4) is 0 Å². The van der Waals surface area contributed by atoms with Gasteiger partial charge in [-0.3, -0.25) is 0 Å². The minimum absolute atomic E-state index is 0.0364. The second kappa shape index (κ2) is 5.43. The first-order chi connectivity index (χ1) is 9.47. The summed E-state index contributed by atoms with van der Waals surface area (Å²) in [5.41, 5.74) is 19.2. The molecule has 20 heavy (non-hydrogen) atoms. The smallest absolute Gasteiger partial charge is 0.224 e. The number of nitrogen functional groups attached to an aromatic ring is 3. The fourth-order valence-electron chi connectivity index (χ4n) is 1.64. The first-order valence-corrected chi connectivity index (χ1v) is 5.97. The van der Waals surface area contributed by atoms with E-state index in [1.54, 1.807) is 6.21 Å². The molecule has 0 spiro atoms. The van der Waals surface area contributed by atoms with E-state index in [-0.39, 0.29) is 17.6 Å². The predicted octanol–water partition coefficient (Wildman–Crippen LogP) is 1.04.